The van der Waals surface area contributed by atoms with Crippen LogP contribution in [0, 0.1) is 0 Å². The summed E-state index contributed by atoms with van der Waals surface area (Å²) in [7, 11) is 0. The highest BCUT2D eigenvalue weighted by Crippen LogP contribution is 1.97. The molecule has 0 saturated heterocycles. The second-order valence-corrected chi connectivity index (χ2v) is 2.14. The van der Waals surface area contributed by atoms with E-state index in [1.165, 1.54) is 0 Å². The summed E-state index contributed by atoms with van der Waals surface area (Å²) < 4.78 is 0. The Balaban J connectivity index is 2.69. The first-order valence-electron chi connectivity index (χ1n) is 2.34. The van der Waals surface area contributed by atoms with Crippen LogP contribution in [-0.4, -0.2) is 12.3 Å². The topological polar surface area (TPSA) is 26.0 Å². The van der Waals surface area contributed by atoms with E-state index < -0.39 is 0 Å². The van der Waals surface area contributed by atoms with Crippen LogP contribution in [0.2, 0.25) is 0 Å². The molecule has 2 heteroatoms. The van der Waals surface area contributed by atoms with Crippen LogP contribution in [0.4, 0.5) is 0 Å². The Hall–Kier alpha value is 0.0500. The van der Waals surface area contributed by atoms with Gasteiger partial charge in [-0.3, -0.25) is 0 Å². The molecular weight excluding hydrogens is 106 g/mol. The molecule has 0 heterocycles. The van der Waals surface area contributed by atoms with Gasteiger partial charge in [0.1, 0.15) is 0 Å². The maximum Gasteiger partial charge on any atom is 0.00972 e. The molecule has 2 N–H and O–H groups in total. The smallest absolute Gasteiger partial charge is 0.00972 e. The van der Waals surface area contributed by atoms with E-state index in [4.69, 9.17) is 5.73 Å². The molecule has 0 radical (unpaired) electrons. The Bertz CT molecular complexity index is 52.0. The summed E-state index contributed by atoms with van der Waals surface area (Å²) >= 11 is 1.75. The Kier molecular flexibility index (Phi) is 6.09. The van der Waals surface area contributed by atoms with Gasteiger partial charge in [0, 0.05) is 12.3 Å². The van der Waals surface area contributed by atoms with Gasteiger partial charge < -0.3 is 5.73 Å². The highest BCUT2D eigenvalue weighted by Gasteiger charge is 1.72. The van der Waals surface area contributed by atoms with Gasteiger partial charge in [0.15, 0.2) is 0 Å². The fraction of sp³-hybridized carbons (Fsp3) is 0.600. The van der Waals surface area contributed by atoms with Crippen LogP contribution in [0.5, 0.6) is 0 Å². The van der Waals surface area contributed by atoms with Crippen molar-refractivity contribution in [2.45, 2.75) is 6.92 Å². The molecule has 0 aromatic heterocycles. The monoisotopic (exact) mass is 117 g/mol. The Morgan fingerprint density at radius 2 is 2.43 bits per heavy atom. The molecule has 0 aliphatic carbocycles. The molecule has 0 fully saturated rings. The van der Waals surface area contributed by atoms with Crippen molar-refractivity contribution in [1.82, 2.24) is 0 Å². The number of allylic oxidation sites excluding steroid dienone is 1. The summed E-state index contributed by atoms with van der Waals surface area (Å²) in [5, 5.41) is 2.05. The number of thioether (sulfide) groups is 1. The molecule has 0 rings (SSSR count). The quantitative estimate of drug-likeness (QED) is 0.562. The van der Waals surface area contributed by atoms with E-state index in [0.29, 0.717) is 0 Å². The average Bonchev–Trinajstić information content (AvgIpc) is 1.69. The predicted octanol–water partition coefficient (Wildman–Crippen LogP) is 1.21. The molecule has 0 atom stereocenters. The van der Waals surface area contributed by atoms with Gasteiger partial charge in [-0.2, -0.15) is 0 Å². The normalized spacial score (nSPS) is 10.6. The zero-order valence-electron chi connectivity index (χ0n) is 4.55. The molecule has 0 aromatic rings. The van der Waals surface area contributed by atoms with Gasteiger partial charge in [0.25, 0.3) is 0 Å². The average molecular weight is 117 g/mol. The first-order valence-corrected chi connectivity index (χ1v) is 3.39. The standard InChI is InChI=1S/C5H11NS/c1-2-4-7-5-3-6/h2,4H,3,5-6H2,1H3/b4-2-. The van der Waals surface area contributed by atoms with Crippen molar-refractivity contribution in [2.24, 2.45) is 5.73 Å². The van der Waals surface area contributed by atoms with Gasteiger partial charge >= 0.3 is 0 Å². The maximum atomic E-state index is 5.21. The fourth-order valence-corrected chi connectivity index (χ4v) is 0.697. The Labute approximate surface area is 49.0 Å². The molecule has 7 heavy (non-hydrogen) atoms. The van der Waals surface area contributed by atoms with Crippen molar-refractivity contribution in [2.75, 3.05) is 12.3 Å². The van der Waals surface area contributed by atoms with Crippen LogP contribution < -0.4 is 5.73 Å². The van der Waals surface area contributed by atoms with Crippen LogP contribution >= 0.6 is 11.8 Å². The van der Waals surface area contributed by atoms with Crippen molar-refractivity contribution in [3.63, 3.8) is 0 Å². The van der Waals surface area contributed by atoms with Crippen LogP contribution in [0.15, 0.2) is 11.5 Å². The molecule has 0 unspecified atom stereocenters. The summed E-state index contributed by atoms with van der Waals surface area (Å²) in [6.45, 7) is 2.78. The highest BCUT2D eigenvalue weighted by atomic mass is 32.2. The van der Waals surface area contributed by atoms with Gasteiger partial charge in [-0.25, -0.2) is 0 Å². The number of hydrogen-bond donors (Lipinski definition) is 1. The van der Waals surface area contributed by atoms with Gasteiger partial charge in [-0.1, -0.05) is 6.08 Å². The second-order valence-electron chi connectivity index (χ2n) is 1.13. The highest BCUT2D eigenvalue weighted by molar-refractivity contribution is 8.02. The van der Waals surface area contributed by atoms with Crippen molar-refractivity contribution in [3.05, 3.63) is 11.5 Å². The Morgan fingerprint density at radius 3 is 2.86 bits per heavy atom. The SMILES string of the molecule is C/C=C\SCCN. The summed E-state index contributed by atoms with van der Waals surface area (Å²) in [5.41, 5.74) is 5.21. The van der Waals surface area contributed by atoms with Crippen molar-refractivity contribution >= 4 is 11.8 Å². The van der Waals surface area contributed by atoms with E-state index in [0.717, 1.165) is 12.3 Å². The van der Waals surface area contributed by atoms with Gasteiger partial charge in [-0.05, 0) is 12.3 Å². The lowest BCUT2D eigenvalue weighted by atomic mass is 10.8. The minimum absolute atomic E-state index is 0.773. The maximum absolute atomic E-state index is 5.21. The van der Waals surface area contributed by atoms with Crippen molar-refractivity contribution in [3.8, 4) is 0 Å². The van der Waals surface area contributed by atoms with E-state index in [1.54, 1.807) is 11.8 Å². The fourth-order valence-electron chi connectivity index (χ4n) is 0.232. The van der Waals surface area contributed by atoms with Crippen LogP contribution in [0.1, 0.15) is 6.92 Å². The zero-order chi connectivity index (χ0) is 5.54. The number of nitrogens with two attached hydrogens (primary N) is 1. The van der Waals surface area contributed by atoms with Gasteiger partial charge in [-0.15, -0.1) is 11.8 Å². The zero-order valence-corrected chi connectivity index (χ0v) is 5.37. The molecule has 0 amide bonds. The van der Waals surface area contributed by atoms with Crippen molar-refractivity contribution in [1.29, 1.82) is 0 Å². The largest absolute Gasteiger partial charge is 0.330 e. The third-order valence-electron chi connectivity index (χ3n) is 0.468. The molecule has 0 spiro atoms. The van der Waals surface area contributed by atoms with Crippen LogP contribution in [0.3, 0.4) is 0 Å². The number of hydrogen-bond acceptors (Lipinski definition) is 2. The summed E-state index contributed by atoms with van der Waals surface area (Å²) in [4.78, 5) is 0. The van der Waals surface area contributed by atoms with Gasteiger partial charge in [0.2, 0.25) is 0 Å². The molecule has 0 aliphatic heterocycles. The first-order chi connectivity index (χ1) is 3.41. The van der Waals surface area contributed by atoms with Crippen LogP contribution in [-0.2, 0) is 0 Å². The minimum atomic E-state index is 0.773. The van der Waals surface area contributed by atoms with Gasteiger partial charge in [0.05, 0.1) is 0 Å². The molecular formula is C5H11NS. The lowest BCUT2D eigenvalue weighted by Crippen LogP contribution is -1.99. The predicted molar refractivity (Wildman–Crippen MR) is 36.3 cm³/mol. The molecule has 42 valence electrons. The summed E-state index contributed by atoms with van der Waals surface area (Å²) in [6.07, 6.45) is 2.01. The van der Waals surface area contributed by atoms with E-state index in [9.17, 15) is 0 Å². The van der Waals surface area contributed by atoms with Crippen molar-refractivity contribution < 1.29 is 0 Å². The van der Waals surface area contributed by atoms with E-state index in [1.807, 2.05) is 18.4 Å². The molecule has 1 nitrogen and oxygen atoms in total. The lowest BCUT2D eigenvalue weighted by molar-refractivity contribution is 1.15. The molecule has 0 aliphatic rings. The third-order valence-corrected chi connectivity index (χ3v) is 1.40. The van der Waals surface area contributed by atoms with E-state index >= 15 is 0 Å². The molecule has 0 saturated carbocycles. The van der Waals surface area contributed by atoms with E-state index in [2.05, 4.69) is 0 Å². The minimum Gasteiger partial charge on any atom is -0.330 e. The van der Waals surface area contributed by atoms with Crippen LogP contribution in [0.25, 0.3) is 0 Å². The summed E-state index contributed by atoms with van der Waals surface area (Å²) in [6, 6.07) is 0. The molecule has 0 bridgehead atoms. The third kappa shape index (κ3) is 6.05. The van der Waals surface area contributed by atoms with E-state index in [-0.39, 0.29) is 0 Å². The molecule has 0 aromatic carbocycles. The second kappa shape index (κ2) is 6.05. The first kappa shape index (κ1) is 7.05. The Morgan fingerprint density at radius 1 is 1.71 bits per heavy atom. The lowest BCUT2D eigenvalue weighted by Gasteiger charge is -1.84. The number of rotatable bonds is 3. The summed E-state index contributed by atoms with van der Waals surface area (Å²) in [5.74, 6) is 1.03.